The highest BCUT2D eigenvalue weighted by molar-refractivity contribution is 5.75. The summed E-state index contributed by atoms with van der Waals surface area (Å²) in [6.07, 6.45) is 4.90. The lowest BCUT2D eigenvalue weighted by Gasteiger charge is -2.24. The predicted octanol–water partition coefficient (Wildman–Crippen LogP) is 1.73. The molecular formula is C12H24N2O2. The van der Waals surface area contributed by atoms with Crippen molar-refractivity contribution in [3.8, 4) is 0 Å². The molecule has 1 atom stereocenters. The van der Waals surface area contributed by atoms with Gasteiger partial charge >= 0.3 is 6.03 Å². The number of hydrogen-bond donors (Lipinski definition) is 2. The van der Waals surface area contributed by atoms with Crippen LogP contribution in [0.25, 0.3) is 0 Å². The van der Waals surface area contributed by atoms with Crippen molar-refractivity contribution in [2.24, 2.45) is 0 Å². The molecule has 0 aliphatic heterocycles. The molecule has 0 saturated heterocycles. The maximum absolute atomic E-state index is 11.9. The second kappa shape index (κ2) is 6.74. The monoisotopic (exact) mass is 228 g/mol. The maximum Gasteiger partial charge on any atom is 0.317 e. The van der Waals surface area contributed by atoms with Crippen molar-refractivity contribution in [1.82, 2.24) is 10.2 Å². The predicted molar refractivity (Wildman–Crippen MR) is 64.3 cm³/mol. The summed E-state index contributed by atoms with van der Waals surface area (Å²) >= 11 is 0. The van der Waals surface area contributed by atoms with E-state index in [9.17, 15) is 4.79 Å². The molecule has 16 heavy (non-hydrogen) atoms. The number of rotatable bonds is 7. The molecule has 1 aliphatic carbocycles. The molecule has 1 rings (SSSR count). The first-order chi connectivity index (χ1) is 7.69. The van der Waals surface area contributed by atoms with E-state index < -0.39 is 0 Å². The molecule has 0 spiro atoms. The van der Waals surface area contributed by atoms with Crippen LogP contribution in [0.15, 0.2) is 0 Å². The molecule has 2 amide bonds. The average Bonchev–Trinajstić information content (AvgIpc) is 3.06. The summed E-state index contributed by atoms with van der Waals surface area (Å²) in [5, 5.41) is 11.7. The Morgan fingerprint density at radius 1 is 1.56 bits per heavy atom. The Labute approximate surface area is 98.0 Å². The fourth-order valence-electron chi connectivity index (χ4n) is 1.84. The summed E-state index contributed by atoms with van der Waals surface area (Å²) in [6, 6.07) is 0.692. The highest BCUT2D eigenvalue weighted by atomic mass is 16.3. The lowest BCUT2D eigenvalue weighted by atomic mass is 10.2. The van der Waals surface area contributed by atoms with Crippen LogP contribution in [0.4, 0.5) is 4.79 Å². The minimum atomic E-state index is 0.0646. The number of aliphatic hydroxyl groups is 1. The molecule has 1 aliphatic rings. The normalized spacial score (nSPS) is 16.9. The smallest absolute Gasteiger partial charge is 0.317 e. The Balaban J connectivity index is 2.30. The number of aliphatic hydroxyl groups excluding tert-OH is 1. The Bertz CT molecular complexity index is 217. The van der Waals surface area contributed by atoms with E-state index in [-0.39, 0.29) is 18.7 Å². The van der Waals surface area contributed by atoms with Crippen LogP contribution in [-0.4, -0.2) is 41.3 Å². The summed E-state index contributed by atoms with van der Waals surface area (Å²) < 4.78 is 0. The van der Waals surface area contributed by atoms with E-state index in [2.05, 4.69) is 12.2 Å². The summed E-state index contributed by atoms with van der Waals surface area (Å²) in [7, 11) is 0. The van der Waals surface area contributed by atoms with Gasteiger partial charge in [0.05, 0.1) is 0 Å². The van der Waals surface area contributed by atoms with Gasteiger partial charge in [-0.3, -0.25) is 0 Å². The summed E-state index contributed by atoms with van der Waals surface area (Å²) in [4.78, 5) is 13.9. The van der Waals surface area contributed by atoms with Crippen LogP contribution >= 0.6 is 0 Å². The summed E-state index contributed by atoms with van der Waals surface area (Å²) in [5.74, 6) is 0. The van der Waals surface area contributed by atoms with E-state index in [1.54, 1.807) is 0 Å². The van der Waals surface area contributed by atoms with Gasteiger partial charge < -0.3 is 15.3 Å². The largest absolute Gasteiger partial charge is 0.396 e. The van der Waals surface area contributed by atoms with Crippen LogP contribution < -0.4 is 5.32 Å². The second-order valence-electron chi connectivity index (χ2n) is 4.64. The Morgan fingerprint density at radius 2 is 2.25 bits per heavy atom. The molecule has 0 aromatic carbocycles. The zero-order valence-electron chi connectivity index (χ0n) is 10.4. The van der Waals surface area contributed by atoms with Gasteiger partial charge in [-0.15, -0.1) is 0 Å². The molecular weight excluding hydrogens is 204 g/mol. The van der Waals surface area contributed by atoms with Gasteiger partial charge in [-0.05, 0) is 39.0 Å². The van der Waals surface area contributed by atoms with Crippen LogP contribution in [0, 0.1) is 0 Å². The maximum atomic E-state index is 11.9. The number of nitrogens with one attached hydrogen (secondary N) is 1. The molecule has 0 aromatic rings. The van der Waals surface area contributed by atoms with Crippen LogP contribution in [0.1, 0.15) is 46.0 Å². The van der Waals surface area contributed by atoms with Crippen LogP contribution in [-0.2, 0) is 0 Å². The number of carbonyl (C=O) groups is 1. The number of urea groups is 1. The lowest BCUT2D eigenvalue weighted by molar-refractivity contribution is 0.189. The molecule has 0 heterocycles. The zero-order valence-corrected chi connectivity index (χ0v) is 10.4. The van der Waals surface area contributed by atoms with Gasteiger partial charge in [-0.25, -0.2) is 4.79 Å². The van der Waals surface area contributed by atoms with Crippen molar-refractivity contribution in [3.63, 3.8) is 0 Å². The van der Waals surface area contributed by atoms with Gasteiger partial charge in [0, 0.05) is 25.2 Å². The van der Waals surface area contributed by atoms with E-state index in [1.165, 1.54) is 0 Å². The Morgan fingerprint density at radius 3 is 2.75 bits per heavy atom. The van der Waals surface area contributed by atoms with Gasteiger partial charge in [-0.2, -0.15) is 0 Å². The number of nitrogens with zero attached hydrogens (tertiary/aromatic N) is 1. The Kier molecular flexibility index (Phi) is 5.60. The molecule has 1 unspecified atom stereocenters. The van der Waals surface area contributed by atoms with Gasteiger partial charge in [0.1, 0.15) is 0 Å². The summed E-state index contributed by atoms with van der Waals surface area (Å²) in [5.41, 5.74) is 0. The molecule has 2 N–H and O–H groups in total. The third kappa shape index (κ3) is 4.39. The van der Waals surface area contributed by atoms with Crippen molar-refractivity contribution < 1.29 is 9.90 Å². The first kappa shape index (κ1) is 13.3. The minimum absolute atomic E-state index is 0.0646. The highest BCUT2D eigenvalue weighted by Crippen LogP contribution is 2.26. The van der Waals surface area contributed by atoms with E-state index in [1.807, 2.05) is 11.8 Å². The summed E-state index contributed by atoms with van der Waals surface area (Å²) in [6.45, 7) is 5.13. The molecule has 4 nitrogen and oxygen atoms in total. The molecule has 0 bridgehead atoms. The van der Waals surface area contributed by atoms with Crippen molar-refractivity contribution >= 4 is 6.03 Å². The first-order valence-corrected chi connectivity index (χ1v) is 6.37. The van der Waals surface area contributed by atoms with E-state index in [0.717, 1.165) is 38.6 Å². The van der Waals surface area contributed by atoms with E-state index in [4.69, 9.17) is 5.11 Å². The first-order valence-electron chi connectivity index (χ1n) is 6.37. The number of carbonyl (C=O) groups excluding carboxylic acids is 1. The Hall–Kier alpha value is -0.770. The average molecular weight is 228 g/mol. The second-order valence-corrected chi connectivity index (χ2v) is 4.64. The molecule has 1 fully saturated rings. The number of amides is 2. The molecule has 0 aromatic heterocycles. The molecule has 4 heteroatoms. The van der Waals surface area contributed by atoms with Crippen LogP contribution in [0.3, 0.4) is 0 Å². The topological polar surface area (TPSA) is 52.6 Å². The third-order valence-corrected chi connectivity index (χ3v) is 2.88. The SMILES string of the molecule is CCCN(C(=O)NC(C)CCCO)C1CC1. The standard InChI is InChI=1S/C12H24N2O2/c1-3-8-14(11-6-7-11)12(16)13-10(2)5-4-9-15/h10-11,15H,3-9H2,1-2H3,(H,13,16). The van der Waals surface area contributed by atoms with Gasteiger partial charge in [0.15, 0.2) is 0 Å². The van der Waals surface area contributed by atoms with Gasteiger partial charge in [0.25, 0.3) is 0 Å². The molecule has 94 valence electrons. The van der Waals surface area contributed by atoms with Crippen molar-refractivity contribution in [3.05, 3.63) is 0 Å². The number of hydrogen-bond acceptors (Lipinski definition) is 2. The van der Waals surface area contributed by atoms with Gasteiger partial charge in [0.2, 0.25) is 0 Å². The molecule has 0 radical (unpaired) electrons. The van der Waals surface area contributed by atoms with Crippen molar-refractivity contribution in [2.75, 3.05) is 13.2 Å². The highest BCUT2D eigenvalue weighted by Gasteiger charge is 2.32. The van der Waals surface area contributed by atoms with E-state index >= 15 is 0 Å². The van der Waals surface area contributed by atoms with Crippen molar-refractivity contribution in [1.29, 1.82) is 0 Å². The van der Waals surface area contributed by atoms with Gasteiger partial charge in [-0.1, -0.05) is 6.92 Å². The van der Waals surface area contributed by atoms with E-state index in [0.29, 0.717) is 6.04 Å². The van der Waals surface area contributed by atoms with Crippen LogP contribution in [0.2, 0.25) is 0 Å². The third-order valence-electron chi connectivity index (χ3n) is 2.88. The minimum Gasteiger partial charge on any atom is -0.396 e. The van der Waals surface area contributed by atoms with Crippen LogP contribution in [0.5, 0.6) is 0 Å². The fraction of sp³-hybridized carbons (Fsp3) is 0.917. The van der Waals surface area contributed by atoms with Crippen molar-refractivity contribution in [2.45, 2.75) is 58.0 Å². The lowest BCUT2D eigenvalue weighted by Crippen LogP contribution is -2.45. The fourth-order valence-corrected chi connectivity index (χ4v) is 1.84. The quantitative estimate of drug-likeness (QED) is 0.697. The zero-order chi connectivity index (χ0) is 12.0. The molecule has 1 saturated carbocycles.